The van der Waals surface area contributed by atoms with Crippen molar-refractivity contribution in [3.8, 4) is 5.75 Å². The van der Waals surface area contributed by atoms with E-state index in [9.17, 15) is 21.2 Å². The zero-order chi connectivity index (χ0) is 23.6. The van der Waals surface area contributed by atoms with Crippen molar-refractivity contribution in [3.63, 3.8) is 0 Å². The molecule has 10 heteroatoms. The summed E-state index contributed by atoms with van der Waals surface area (Å²) in [4.78, 5) is 0.0217. The van der Waals surface area contributed by atoms with Crippen molar-refractivity contribution in [3.05, 3.63) is 59.7 Å². The largest absolute Gasteiger partial charge is 0.490 e. The third kappa shape index (κ3) is 3.17. The molecule has 33 heavy (non-hydrogen) atoms. The number of hydrogen-bond acceptors (Lipinski definition) is 5. The zero-order valence-electron chi connectivity index (χ0n) is 18.0. The van der Waals surface area contributed by atoms with Crippen LogP contribution in [0.15, 0.2) is 47.4 Å². The van der Waals surface area contributed by atoms with Crippen molar-refractivity contribution >= 4 is 19.9 Å². The molecular weight excluding hydrogens is 472 g/mol. The molecule has 2 aliphatic heterocycles. The number of benzene rings is 2. The highest BCUT2D eigenvalue weighted by Crippen LogP contribution is 2.59. The van der Waals surface area contributed by atoms with Crippen molar-refractivity contribution in [2.24, 2.45) is 11.8 Å². The van der Waals surface area contributed by atoms with E-state index in [1.54, 1.807) is 25.1 Å². The zero-order valence-corrected chi connectivity index (χ0v) is 19.6. The van der Waals surface area contributed by atoms with Gasteiger partial charge in [-0.05, 0) is 55.9 Å². The Bertz CT molecular complexity index is 1300. The molecule has 0 amide bonds. The summed E-state index contributed by atoms with van der Waals surface area (Å²) in [5, 5.41) is -0.687. The molecule has 2 fully saturated rings. The van der Waals surface area contributed by atoms with Gasteiger partial charge in [-0.25, -0.2) is 30.3 Å². The van der Waals surface area contributed by atoms with Crippen LogP contribution in [0.2, 0.25) is 0 Å². The summed E-state index contributed by atoms with van der Waals surface area (Å²) in [6, 6.07) is 9.17. The molecular formula is C23H25F2NO5S2. The molecule has 0 radical (unpaired) electrons. The lowest BCUT2D eigenvalue weighted by molar-refractivity contribution is 0.0491. The van der Waals surface area contributed by atoms with Crippen LogP contribution in [0.4, 0.5) is 8.78 Å². The van der Waals surface area contributed by atoms with Gasteiger partial charge in [0.05, 0.1) is 22.3 Å². The Kier molecular flexibility index (Phi) is 5.34. The predicted molar refractivity (Wildman–Crippen MR) is 118 cm³/mol. The molecule has 1 aliphatic carbocycles. The van der Waals surface area contributed by atoms with Gasteiger partial charge in [0.25, 0.3) is 0 Å². The first kappa shape index (κ1) is 22.7. The molecule has 1 saturated heterocycles. The summed E-state index contributed by atoms with van der Waals surface area (Å²) >= 11 is 0. The Labute approximate surface area is 192 Å². The van der Waals surface area contributed by atoms with Gasteiger partial charge < -0.3 is 4.74 Å². The van der Waals surface area contributed by atoms with Gasteiger partial charge in [-0.3, -0.25) is 0 Å². The minimum atomic E-state index is -4.20. The normalized spacial score (nSPS) is 32.7. The van der Waals surface area contributed by atoms with Gasteiger partial charge in [0.2, 0.25) is 10.0 Å². The smallest absolute Gasteiger partial charge is 0.214 e. The number of hydrogen-bond donors (Lipinski definition) is 1. The second-order valence-electron chi connectivity index (χ2n) is 9.09. The summed E-state index contributed by atoms with van der Waals surface area (Å²) in [6.45, 7) is 1.63. The Balaban J connectivity index is 1.76. The van der Waals surface area contributed by atoms with Gasteiger partial charge in [0.1, 0.15) is 10.6 Å². The van der Waals surface area contributed by atoms with Crippen molar-refractivity contribution in [1.29, 1.82) is 0 Å². The van der Waals surface area contributed by atoms with Gasteiger partial charge >= 0.3 is 0 Å². The molecule has 5 atom stereocenters. The number of sulfone groups is 1. The fourth-order valence-corrected chi connectivity index (χ4v) is 10.3. The van der Waals surface area contributed by atoms with Crippen LogP contribution in [-0.2, 0) is 24.6 Å². The summed E-state index contributed by atoms with van der Waals surface area (Å²) in [7, 11) is -7.74. The summed E-state index contributed by atoms with van der Waals surface area (Å²) in [5.41, 5.74) is -0.275. The lowest BCUT2D eigenvalue weighted by Gasteiger charge is -2.54. The van der Waals surface area contributed by atoms with E-state index in [0.717, 1.165) is 12.1 Å². The summed E-state index contributed by atoms with van der Waals surface area (Å²) in [5.74, 6) is -3.17. The third-order valence-corrected chi connectivity index (χ3v) is 12.2. The Morgan fingerprint density at radius 2 is 1.82 bits per heavy atom. The second-order valence-corrected chi connectivity index (χ2v) is 13.3. The number of nitrogens with one attached hydrogen (secondary N) is 1. The van der Waals surface area contributed by atoms with Crippen LogP contribution in [0.3, 0.4) is 0 Å². The maximum atomic E-state index is 15.4. The summed E-state index contributed by atoms with van der Waals surface area (Å²) < 4.78 is 90.6. The molecule has 2 heterocycles. The van der Waals surface area contributed by atoms with E-state index in [2.05, 4.69) is 4.72 Å². The maximum absolute atomic E-state index is 15.4. The topological polar surface area (TPSA) is 89.5 Å². The van der Waals surface area contributed by atoms with E-state index in [4.69, 9.17) is 4.74 Å². The van der Waals surface area contributed by atoms with E-state index in [1.807, 2.05) is 0 Å². The van der Waals surface area contributed by atoms with Gasteiger partial charge in [0.15, 0.2) is 21.4 Å². The lowest BCUT2D eigenvalue weighted by atomic mass is 9.64. The number of halogens is 2. The monoisotopic (exact) mass is 497 g/mol. The number of fused-ring (bicyclic) bond motifs is 5. The van der Waals surface area contributed by atoms with Gasteiger partial charge in [-0.2, -0.15) is 0 Å². The van der Waals surface area contributed by atoms with E-state index in [-0.39, 0.29) is 42.1 Å². The molecule has 0 bridgehead atoms. The Hall–Kier alpha value is -2.04. The SMILES string of the molecule is CC[C@@H]1C[C@@H]2[C@@H](CC[C@@]3(S(=O)(=O)c4ccccc4)c4c(F)ccc(F)c4OC[C@@H]23)NS1(=O)=O. The quantitative estimate of drug-likeness (QED) is 0.701. The molecule has 5 rings (SSSR count). The highest BCUT2D eigenvalue weighted by molar-refractivity contribution is 7.92. The number of rotatable bonds is 3. The standard InChI is InChI=1S/C23H25F2NO5S2/c1-2-14-12-16-17-13-31-22-19(25)9-8-18(24)21(22)23(17,11-10-20(16)26-33(14,29)30)32(27,28)15-6-4-3-5-7-15/h3-9,14,16-17,20,26H,2,10-13H2,1H3/t14-,16+,17+,20-,23+/m1/s1. The minimum absolute atomic E-state index is 0.0217. The first-order valence-corrected chi connectivity index (χ1v) is 14.1. The van der Waals surface area contributed by atoms with E-state index >= 15 is 4.39 Å². The molecule has 0 unspecified atom stereocenters. The lowest BCUT2D eigenvalue weighted by Crippen LogP contribution is -2.63. The molecule has 0 spiro atoms. The van der Waals surface area contributed by atoms with Gasteiger partial charge in [0, 0.05) is 12.0 Å². The third-order valence-electron chi connectivity index (χ3n) is 7.63. The highest BCUT2D eigenvalue weighted by atomic mass is 32.2. The highest BCUT2D eigenvalue weighted by Gasteiger charge is 2.64. The van der Waals surface area contributed by atoms with Crippen LogP contribution in [0.5, 0.6) is 5.75 Å². The van der Waals surface area contributed by atoms with Crippen LogP contribution < -0.4 is 9.46 Å². The minimum Gasteiger partial charge on any atom is -0.490 e. The van der Waals surface area contributed by atoms with Crippen molar-refractivity contribution in [2.75, 3.05) is 6.61 Å². The van der Waals surface area contributed by atoms with Crippen molar-refractivity contribution < 1.29 is 30.4 Å². The Morgan fingerprint density at radius 1 is 1.12 bits per heavy atom. The average Bonchev–Trinajstić information content (AvgIpc) is 2.80. The first-order chi connectivity index (χ1) is 15.6. The van der Waals surface area contributed by atoms with Gasteiger partial charge in [-0.1, -0.05) is 25.1 Å². The fourth-order valence-electron chi connectivity index (χ4n) is 6.08. The molecule has 3 aliphatic rings. The van der Waals surface area contributed by atoms with Crippen LogP contribution in [-0.4, -0.2) is 34.7 Å². The van der Waals surface area contributed by atoms with Crippen LogP contribution in [0, 0.1) is 23.5 Å². The van der Waals surface area contributed by atoms with Crippen LogP contribution in [0.25, 0.3) is 0 Å². The average molecular weight is 498 g/mol. The van der Waals surface area contributed by atoms with Crippen LogP contribution in [0.1, 0.15) is 38.2 Å². The maximum Gasteiger partial charge on any atom is 0.214 e. The molecule has 2 aromatic carbocycles. The van der Waals surface area contributed by atoms with Gasteiger partial charge in [-0.15, -0.1) is 0 Å². The molecule has 1 saturated carbocycles. The van der Waals surface area contributed by atoms with Crippen molar-refractivity contribution in [1.82, 2.24) is 4.72 Å². The van der Waals surface area contributed by atoms with E-state index in [0.29, 0.717) is 6.42 Å². The predicted octanol–water partition coefficient (Wildman–Crippen LogP) is 3.52. The molecule has 2 aromatic rings. The number of sulfonamides is 1. The summed E-state index contributed by atoms with van der Waals surface area (Å²) in [6.07, 6.45) is 0.747. The fraction of sp³-hybridized carbons (Fsp3) is 0.478. The molecule has 6 nitrogen and oxygen atoms in total. The van der Waals surface area contributed by atoms with Crippen LogP contribution >= 0.6 is 0 Å². The van der Waals surface area contributed by atoms with Crippen molar-refractivity contribution in [2.45, 2.75) is 53.5 Å². The number of ether oxygens (including phenoxy) is 1. The second kappa shape index (κ2) is 7.74. The van der Waals surface area contributed by atoms with E-state index in [1.165, 1.54) is 12.1 Å². The molecule has 0 aromatic heterocycles. The van der Waals surface area contributed by atoms with E-state index < -0.39 is 59.4 Å². The molecule has 1 N–H and O–H groups in total. The molecule has 178 valence electrons. The first-order valence-electron chi connectivity index (χ1n) is 11.1. The Morgan fingerprint density at radius 3 is 2.52 bits per heavy atom.